The zero-order valence-electron chi connectivity index (χ0n) is 12.0. The molecule has 0 saturated heterocycles. The van der Waals surface area contributed by atoms with Crippen molar-refractivity contribution in [2.24, 2.45) is 0 Å². The first kappa shape index (κ1) is 19.9. The number of nitrogens with one attached hydrogen (secondary N) is 3. The number of benzene rings is 1. The zero-order chi connectivity index (χ0) is 14.8. The van der Waals surface area contributed by atoms with Gasteiger partial charge in [-0.2, -0.15) is 0 Å². The van der Waals surface area contributed by atoms with Crippen LogP contribution in [-0.2, 0) is 14.8 Å². The molecule has 0 atom stereocenters. The minimum absolute atomic E-state index is 0. The van der Waals surface area contributed by atoms with Crippen molar-refractivity contribution in [2.45, 2.75) is 17.7 Å². The van der Waals surface area contributed by atoms with Crippen LogP contribution in [0.5, 0.6) is 0 Å². The lowest BCUT2D eigenvalue weighted by molar-refractivity contribution is -0.121. The topological polar surface area (TPSA) is 87.3 Å². The lowest BCUT2D eigenvalue weighted by Crippen LogP contribution is -2.34. The van der Waals surface area contributed by atoms with Gasteiger partial charge in [0.1, 0.15) is 0 Å². The first-order valence-electron chi connectivity index (χ1n) is 6.52. The van der Waals surface area contributed by atoms with Crippen LogP contribution in [0.2, 0.25) is 0 Å². The Bertz CT molecular complexity index is 509. The Morgan fingerprint density at radius 2 is 1.76 bits per heavy atom. The van der Waals surface area contributed by atoms with Gasteiger partial charge in [-0.05, 0) is 32.1 Å². The van der Waals surface area contributed by atoms with Gasteiger partial charge < -0.3 is 10.6 Å². The van der Waals surface area contributed by atoms with Crippen molar-refractivity contribution in [2.75, 3.05) is 26.7 Å². The molecule has 1 aromatic carbocycles. The number of carbonyl (C=O) groups is 1. The number of carbonyl (C=O) groups excluding carboxylic acids is 1. The highest BCUT2D eigenvalue weighted by Crippen LogP contribution is 2.06. The molecule has 120 valence electrons. The van der Waals surface area contributed by atoms with E-state index in [0.29, 0.717) is 6.42 Å². The molecule has 0 spiro atoms. The van der Waals surface area contributed by atoms with Gasteiger partial charge in [-0.1, -0.05) is 18.2 Å². The van der Waals surface area contributed by atoms with E-state index in [9.17, 15) is 13.2 Å². The number of halogens is 1. The van der Waals surface area contributed by atoms with Gasteiger partial charge in [0.25, 0.3) is 0 Å². The lowest BCUT2D eigenvalue weighted by atomic mass is 10.3. The SMILES string of the molecule is CNCCCC(=O)NCCNS(=O)(=O)c1ccccc1.Cl. The molecule has 0 aliphatic heterocycles. The predicted molar refractivity (Wildman–Crippen MR) is 85.0 cm³/mol. The lowest BCUT2D eigenvalue weighted by Gasteiger charge is -2.08. The average Bonchev–Trinajstić information content (AvgIpc) is 2.45. The van der Waals surface area contributed by atoms with Crippen molar-refractivity contribution in [3.63, 3.8) is 0 Å². The van der Waals surface area contributed by atoms with Crippen LogP contribution in [0.1, 0.15) is 12.8 Å². The number of hydrogen-bond acceptors (Lipinski definition) is 4. The third kappa shape index (κ3) is 8.01. The molecule has 0 fully saturated rings. The van der Waals surface area contributed by atoms with Gasteiger partial charge in [0.05, 0.1) is 4.90 Å². The molecule has 0 bridgehead atoms. The molecule has 0 saturated carbocycles. The van der Waals surface area contributed by atoms with Crippen LogP contribution in [0.15, 0.2) is 35.2 Å². The third-order valence-electron chi connectivity index (χ3n) is 2.62. The summed E-state index contributed by atoms with van der Waals surface area (Å²) in [6.45, 7) is 1.24. The summed E-state index contributed by atoms with van der Waals surface area (Å²) >= 11 is 0. The van der Waals surface area contributed by atoms with Gasteiger partial charge in [0.2, 0.25) is 15.9 Å². The quantitative estimate of drug-likeness (QED) is 0.574. The molecular formula is C13H22ClN3O3S. The molecule has 6 nitrogen and oxygen atoms in total. The van der Waals surface area contributed by atoms with E-state index in [0.717, 1.165) is 13.0 Å². The summed E-state index contributed by atoms with van der Waals surface area (Å²) in [5.41, 5.74) is 0. The molecule has 0 aliphatic carbocycles. The molecule has 21 heavy (non-hydrogen) atoms. The van der Waals surface area contributed by atoms with E-state index in [4.69, 9.17) is 0 Å². The normalized spacial score (nSPS) is 10.7. The van der Waals surface area contributed by atoms with Gasteiger partial charge >= 0.3 is 0 Å². The molecule has 0 heterocycles. The maximum Gasteiger partial charge on any atom is 0.240 e. The summed E-state index contributed by atoms with van der Waals surface area (Å²) in [5.74, 6) is -0.0702. The number of hydrogen-bond donors (Lipinski definition) is 3. The molecule has 8 heteroatoms. The second-order valence-electron chi connectivity index (χ2n) is 4.27. The summed E-state index contributed by atoms with van der Waals surface area (Å²) in [7, 11) is -1.66. The summed E-state index contributed by atoms with van der Waals surface area (Å²) in [6, 6.07) is 8.14. The Kier molecular flexibility index (Phi) is 9.98. The largest absolute Gasteiger partial charge is 0.355 e. The second-order valence-corrected chi connectivity index (χ2v) is 6.03. The molecule has 0 aliphatic rings. The Labute approximate surface area is 132 Å². The molecule has 1 aromatic rings. The molecule has 3 N–H and O–H groups in total. The summed E-state index contributed by atoms with van der Waals surface area (Å²) in [5, 5.41) is 5.63. The zero-order valence-corrected chi connectivity index (χ0v) is 13.6. The Balaban J connectivity index is 0.00000400. The number of amides is 1. The Morgan fingerprint density at radius 3 is 2.38 bits per heavy atom. The predicted octanol–water partition coefficient (Wildman–Crippen LogP) is 0.503. The summed E-state index contributed by atoms with van der Waals surface area (Å²) in [4.78, 5) is 11.6. The summed E-state index contributed by atoms with van der Waals surface area (Å²) < 4.78 is 26.2. The fraction of sp³-hybridized carbons (Fsp3) is 0.462. The van der Waals surface area contributed by atoms with Crippen molar-refractivity contribution in [3.05, 3.63) is 30.3 Å². The number of rotatable bonds is 9. The van der Waals surface area contributed by atoms with Gasteiger partial charge in [-0.15, -0.1) is 12.4 Å². The Morgan fingerprint density at radius 1 is 1.10 bits per heavy atom. The standard InChI is InChI=1S/C13H21N3O3S.ClH/c1-14-9-5-8-13(17)15-10-11-16-20(18,19)12-6-3-2-4-7-12;/h2-4,6-7,14,16H,5,8-11H2,1H3,(H,15,17);1H. The highest BCUT2D eigenvalue weighted by Gasteiger charge is 2.12. The molecule has 1 rings (SSSR count). The van der Waals surface area contributed by atoms with E-state index in [-0.39, 0.29) is 36.3 Å². The maximum atomic E-state index is 11.9. The van der Waals surface area contributed by atoms with Gasteiger partial charge in [0, 0.05) is 19.5 Å². The maximum absolute atomic E-state index is 11.9. The van der Waals surface area contributed by atoms with Gasteiger partial charge in [0.15, 0.2) is 0 Å². The Hall–Kier alpha value is -1.15. The van der Waals surface area contributed by atoms with Crippen LogP contribution >= 0.6 is 12.4 Å². The molecule has 0 radical (unpaired) electrons. The molecule has 1 amide bonds. The van der Waals surface area contributed by atoms with E-state index in [1.165, 1.54) is 12.1 Å². The van der Waals surface area contributed by atoms with E-state index in [1.807, 2.05) is 7.05 Å². The minimum atomic E-state index is -3.49. The van der Waals surface area contributed by atoms with Crippen LogP contribution in [0.4, 0.5) is 0 Å². The van der Waals surface area contributed by atoms with Crippen LogP contribution in [-0.4, -0.2) is 41.0 Å². The van der Waals surface area contributed by atoms with Crippen molar-refractivity contribution in [1.29, 1.82) is 0 Å². The van der Waals surface area contributed by atoms with Crippen molar-refractivity contribution in [1.82, 2.24) is 15.4 Å². The van der Waals surface area contributed by atoms with Crippen LogP contribution in [0.25, 0.3) is 0 Å². The van der Waals surface area contributed by atoms with E-state index < -0.39 is 10.0 Å². The van der Waals surface area contributed by atoms with Crippen molar-refractivity contribution < 1.29 is 13.2 Å². The van der Waals surface area contributed by atoms with Crippen LogP contribution < -0.4 is 15.4 Å². The second kappa shape index (κ2) is 10.6. The van der Waals surface area contributed by atoms with E-state index >= 15 is 0 Å². The summed E-state index contributed by atoms with van der Waals surface area (Å²) in [6.07, 6.45) is 1.20. The third-order valence-corrected chi connectivity index (χ3v) is 4.10. The molecule has 0 aromatic heterocycles. The minimum Gasteiger partial charge on any atom is -0.355 e. The van der Waals surface area contributed by atoms with Gasteiger partial charge in [-0.3, -0.25) is 4.79 Å². The van der Waals surface area contributed by atoms with Crippen molar-refractivity contribution in [3.8, 4) is 0 Å². The first-order chi connectivity index (χ1) is 9.56. The average molecular weight is 336 g/mol. The van der Waals surface area contributed by atoms with E-state index in [2.05, 4.69) is 15.4 Å². The first-order valence-corrected chi connectivity index (χ1v) is 8.00. The number of sulfonamides is 1. The smallest absolute Gasteiger partial charge is 0.240 e. The molecule has 0 unspecified atom stereocenters. The fourth-order valence-electron chi connectivity index (χ4n) is 1.58. The fourth-order valence-corrected chi connectivity index (χ4v) is 2.64. The monoisotopic (exact) mass is 335 g/mol. The van der Waals surface area contributed by atoms with E-state index in [1.54, 1.807) is 18.2 Å². The van der Waals surface area contributed by atoms with Crippen molar-refractivity contribution >= 4 is 28.3 Å². The van der Waals surface area contributed by atoms with Gasteiger partial charge in [-0.25, -0.2) is 13.1 Å². The van der Waals surface area contributed by atoms with Crippen LogP contribution in [0.3, 0.4) is 0 Å². The highest BCUT2D eigenvalue weighted by atomic mass is 35.5. The van der Waals surface area contributed by atoms with Crippen LogP contribution in [0, 0.1) is 0 Å². The highest BCUT2D eigenvalue weighted by molar-refractivity contribution is 7.89. The molecular weight excluding hydrogens is 314 g/mol.